The van der Waals surface area contributed by atoms with Gasteiger partial charge >= 0.3 is 10.4 Å². The summed E-state index contributed by atoms with van der Waals surface area (Å²) in [6, 6.07) is 2.60. The molecule has 1 aromatic carbocycles. The van der Waals surface area contributed by atoms with Crippen molar-refractivity contribution in [3.05, 3.63) is 44.0 Å². The molecule has 0 aliphatic carbocycles. The standard InChI is InChI=1S/C7H6N2O8S/c10-8(11)6-2-1-5(4-17-18(14,15)16)7(3-6)9(12)13/h1-3H,4H2,(H,14,15,16). The molecule has 10 nitrogen and oxygen atoms in total. The summed E-state index contributed by atoms with van der Waals surface area (Å²) in [5.41, 5.74) is -1.41. The molecule has 0 spiro atoms. The van der Waals surface area contributed by atoms with Gasteiger partial charge in [-0.05, 0) is 6.07 Å². The molecule has 0 amide bonds. The van der Waals surface area contributed by atoms with E-state index in [9.17, 15) is 28.6 Å². The number of nitro benzene ring substituents is 2. The van der Waals surface area contributed by atoms with E-state index >= 15 is 0 Å². The average Bonchev–Trinajstić information content (AvgIpc) is 2.24. The second-order valence-corrected chi connectivity index (χ2v) is 4.11. The molecule has 0 aliphatic rings. The third-order valence-corrected chi connectivity index (χ3v) is 2.26. The number of benzene rings is 1. The van der Waals surface area contributed by atoms with E-state index in [1.165, 1.54) is 0 Å². The maximum absolute atomic E-state index is 10.6. The quantitative estimate of drug-likeness (QED) is 0.472. The number of rotatable bonds is 5. The molecule has 0 bridgehead atoms. The molecule has 1 rings (SSSR count). The van der Waals surface area contributed by atoms with Gasteiger partial charge in [-0.3, -0.25) is 24.8 Å². The molecule has 0 saturated carbocycles. The Kier molecular flexibility index (Phi) is 3.90. The molecule has 0 fully saturated rings. The Balaban J connectivity index is 3.12. The fraction of sp³-hybridized carbons (Fsp3) is 0.143. The van der Waals surface area contributed by atoms with Crippen molar-refractivity contribution >= 4 is 21.8 Å². The molecule has 0 aliphatic heterocycles. The largest absolute Gasteiger partial charge is 0.397 e. The summed E-state index contributed by atoms with van der Waals surface area (Å²) in [5.74, 6) is 0. The van der Waals surface area contributed by atoms with Gasteiger partial charge in [-0.1, -0.05) is 0 Å². The first-order valence-electron chi connectivity index (χ1n) is 4.24. The van der Waals surface area contributed by atoms with Crippen LogP contribution in [0.15, 0.2) is 18.2 Å². The molecule has 0 atom stereocenters. The van der Waals surface area contributed by atoms with Gasteiger partial charge in [0.25, 0.3) is 11.4 Å². The maximum Gasteiger partial charge on any atom is 0.397 e. The van der Waals surface area contributed by atoms with E-state index in [0.29, 0.717) is 6.07 Å². The Bertz CT molecular complexity index is 595. The molecule has 0 aromatic heterocycles. The highest BCUT2D eigenvalue weighted by Crippen LogP contribution is 2.25. The van der Waals surface area contributed by atoms with Crippen LogP contribution in [0.1, 0.15) is 5.56 Å². The van der Waals surface area contributed by atoms with Crippen molar-refractivity contribution in [1.82, 2.24) is 0 Å². The topological polar surface area (TPSA) is 150 Å². The van der Waals surface area contributed by atoms with Crippen LogP contribution in [0.2, 0.25) is 0 Å². The van der Waals surface area contributed by atoms with Gasteiger partial charge in [0.2, 0.25) is 0 Å². The number of nitrogens with zero attached hydrogens (tertiary/aromatic N) is 2. The average molecular weight is 278 g/mol. The van der Waals surface area contributed by atoms with Crippen LogP contribution in [-0.2, 0) is 21.2 Å². The minimum Gasteiger partial charge on any atom is -0.264 e. The second-order valence-electron chi connectivity index (χ2n) is 3.02. The van der Waals surface area contributed by atoms with Gasteiger partial charge in [0.15, 0.2) is 0 Å². The summed E-state index contributed by atoms with van der Waals surface area (Å²) in [6.45, 7) is -0.798. The van der Waals surface area contributed by atoms with E-state index in [0.717, 1.165) is 12.1 Å². The Morgan fingerprint density at radius 3 is 2.28 bits per heavy atom. The third kappa shape index (κ3) is 3.73. The predicted octanol–water partition coefficient (Wildman–Crippen LogP) is 0.822. The van der Waals surface area contributed by atoms with Crippen molar-refractivity contribution in [2.24, 2.45) is 0 Å². The molecule has 98 valence electrons. The van der Waals surface area contributed by atoms with Crippen molar-refractivity contribution in [1.29, 1.82) is 0 Å². The normalized spacial score (nSPS) is 11.2. The first-order chi connectivity index (χ1) is 8.20. The Morgan fingerprint density at radius 2 is 1.83 bits per heavy atom. The molecule has 18 heavy (non-hydrogen) atoms. The van der Waals surface area contributed by atoms with E-state index in [1.807, 2.05) is 0 Å². The molecule has 0 heterocycles. The monoisotopic (exact) mass is 278 g/mol. The van der Waals surface area contributed by atoms with Crippen LogP contribution in [0.5, 0.6) is 0 Å². The Labute approximate surface area is 100 Å². The van der Waals surface area contributed by atoms with Crippen molar-refractivity contribution in [3.8, 4) is 0 Å². The maximum atomic E-state index is 10.6. The van der Waals surface area contributed by atoms with Crippen LogP contribution in [0.3, 0.4) is 0 Å². The first kappa shape index (κ1) is 14.0. The summed E-state index contributed by atoms with van der Waals surface area (Å²) in [7, 11) is -4.75. The lowest BCUT2D eigenvalue weighted by Gasteiger charge is -2.02. The summed E-state index contributed by atoms with van der Waals surface area (Å²) in [5, 5.41) is 21.1. The third-order valence-electron chi connectivity index (χ3n) is 1.84. The summed E-state index contributed by atoms with van der Waals surface area (Å²) in [6.07, 6.45) is 0. The smallest absolute Gasteiger partial charge is 0.264 e. The van der Waals surface area contributed by atoms with Crippen LogP contribution >= 0.6 is 0 Å². The van der Waals surface area contributed by atoms with Gasteiger partial charge in [0, 0.05) is 6.07 Å². The Hall–Kier alpha value is -2.11. The lowest BCUT2D eigenvalue weighted by molar-refractivity contribution is -0.394. The van der Waals surface area contributed by atoms with Gasteiger partial charge < -0.3 is 0 Å². The van der Waals surface area contributed by atoms with Crippen LogP contribution in [0, 0.1) is 20.2 Å². The zero-order valence-corrected chi connectivity index (χ0v) is 9.36. The van der Waals surface area contributed by atoms with Crippen LogP contribution < -0.4 is 0 Å². The highest BCUT2D eigenvalue weighted by atomic mass is 32.3. The van der Waals surface area contributed by atoms with Gasteiger partial charge in [0.1, 0.15) is 6.61 Å². The zero-order chi connectivity index (χ0) is 13.9. The lowest BCUT2D eigenvalue weighted by Crippen LogP contribution is -2.05. The molecular formula is C7H6N2O8S. The van der Waals surface area contributed by atoms with Crippen molar-refractivity contribution < 1.29 is 27.0 Å². The minimum atomic E-state index is -4.75. The summed E-state index contributed by atoms with van der Waals surface area (Å²) >= 11 is 0. The predicted molar refractivity (Wildman–Crippen MR) is 56.1 cm³/mol. The molecular weight excluding hydrogens is 272 g/mol. The number of nitro groups is 2. The highest BCUT2D eigenvalue weighted by molar-refractivity contribution is 7.80. The SMILES string of the molecule is O=[N+]([O-])c1ccc(COS(=O)(=O)O)c([N+](=O)[O-])c1. The van der Waals surface area contributed by atoms with E-state index in [1.54, 1.807) is 0 Å². The lowest BCUT2D eigenvalue weighted by atomic mass is 10.2. The molecule has 0 radical (unpaired) electrons. The first-order valence-corrected chi connectivity index (χ1v) is 5.61. The molecule has 0 unspecified atom stereocenters. The molecule has 1 N–H and O–H groups in total. The van der Waals surface area contributed by atoms with Crippen LogP contribution in [0.4, 0.5) is 11.4 Å². The molecule has 0 saturated heterocycles. The van der Waals surface area contributed by atoms with Gasteiger partial charge in [-0.2, -0.15) is 8.42 Å². The number of non-ortho nitro benzene ring substituents is 1. The van der Waals surface area contributed by atoms with Crippen LogP contribution in [0.25, 0.3) is 0 Å². The zero-order valence-electron chi connectivity index (χ0n) is 8.55. The second kappa shape index (κ2) is 5.03. The van der Waals surface area contributed by atoms with Crippen molar-refractivity contribution in [2.75, 3.05) is 0 Å². The summed E-state index contributed by atoms with van der Waals surface area (Å²) in [4.78, 5) is 19.3. The number of hydrogen-bond donors (Lipinski definition) is 1. The van der Waals surface area contributed by atoms with Gasteiger partial charge in [0.05, 0.1) is 21.5 Å². The minimum absolute atomic E-state index is 0.219. The highest BCUT2D eigenvalue weighted by Gasteiger charge is 2.20. The van der Waals surface area contributed by atoms with Gasteiger partial charge in [-0.15, -0.1) is 0 Å². The van der Waals surface area contributed by atoms with E-state index < -0.39 is 38.2 Å². The van der Waals surface area contributed by atoms with Gasteiger partial charge in [-0.25, -0.2) is 4.18 Å². The Morgan fingerprint density at radius 1 is 1.22 bits per heavy atom. The molecule has 1 aromatic rings. The van der Waals surface area contributed by atoms with Crippen molar-refractivity contribution in [3.63, 3.8) is 0 Å². The number of hydrogen-bond acceptors (Lipinski definition) is 7. The fourth-order valence-corrected chi connectivity index (χ4v) is 1.37. The van der Waals surface area contributed by atoms with E-state index in [4.69, 9.17) is 4.55 Å². The fourth-order valence-electron chi connectivity index (χ4n) is 1.10. The van der Waals surface area contributed by atoms with E-state index in [2.05, 4.69) is 4.18 Å². The van der Waals surface area contributed by atoms with Crippen LogP contribution in [-0.4, -0.2) is 22.8 Å². The summed E-state index contributed by atoms with van der Waals surface area (Å²) < 4.78 is 32.9. The molecule has 11 heteroatoms. The van der Waals surface area contributed by atoms with Crippen molar-refractivity contribution in [2.45, 2.75) is 6.61 Å². The van der Waals surface area contributed by atoms with E-state index in [-0.39, 0.29) is 5.56 Å².